The fraction of sp³-hybridized carbons (Fsp3) is 0.355. The Bertz CT molecular complexity index is 1130. The maximum Gasteiger partial charge on any atom is 0.243 e. The number of carbonyl (C=O) groups excluding carboxylic acids is 2. The molecule has 0 aliphatic rings. The summed E-state index contributed by atoms with van der Waals surface area (Å²) >= 11 is 5.94. The number of amides is 2. The van der Waals surface area contributed by atoms with Gasteiger partial charge in [0.25, 0.3) is 0 Å². The Kier molecular flexibility index (Phi) is 11.0. The molecule has 0 saturated carbocycles. The molecule has 3 aromatic rings. The summed E-state index contributed by atoms with van der Waals surface area (Å²) in [4.78, 5) is 28.9. The predicted octanol–water partition coefficient (Wildman–Crippen LogP) is 6.36. The number of hydrogen-bond donors (Lipinski definition) is 1. The van der Waals surface area contributed by atoms with Crippen molar-refractivity contribution in [2.24, 2.45) is 0 Å². The fourth-order valence-corrected chi connectivity index (χ4v) is 4.22. The van der Waals surface area contributed by atoms with E-state index in [2.05, 4.69) is 11.4 Å². The van der Waals surface area contributed by atoms with E-state index in [1.807, 2.05) is 81.4 Å². The SMILES string of the molecule is CC[C@H](C)NC(=O)[C@@H](Cc1ccccc1)N(Cc1cccc(C)c1)C(=O)CCCOc1ccc(Cl)cc1. The quantitative estimate of drug-likeness (QED) is 0.267. The number of nitrogens with zero attached hydrogens (tertiary/aromatic N) is 1. The lowest BCUT2D eigenvalue weighted by Gasteiger charge is -2.32. The predicted molar refractivity (Wildman–Crippen MR) is 150 cm³/mol. The van der Waals surface area contributed by atoms with Crippen LogP contribution in [0.5, 0.6) is 5.75 Å². The molecule has 0 aliphatic carbocycles. The minimum Gasteiger partial charge on any atom is -0.494 e. The largest absolute Gasteiger partial charge is 0.494 e. The van der Waals surface area contributed by atoms with E-state index in [1.54, 1.807) is 17.0 Å². The van der Waals surface area contributed by atoms with Gasteiger partial charge in [-0.3, -0.25) is 9.59 Å². The van der Waals surface area contributed by atoms with E-state index in [4.69, 9.17) is 16.3 Å². The van der Waals surface area contributed by atoms with Crippen molar-refractivity contribution in [2.45, 2.75) is 65.1 Å². The number of carbonyl (C=O) groups is 2. The van der Waals surface area contributed by atoms with Crippen molar-refractivity contribution in [1.82, 2.24) is 10.2 Å². The number of hydrogen-bond acceptors (Lipinski definition) is 3. The molecule has 6 heteroatoms. The first-order valence-corrected chi connectivity index (χ1v) is 13.3. The average molecular weight is 521 g/mol. The summed E-state index contributed by atoms with van der Waals surface area (Å²) in [6.07, 6.45) is 2.08. The minimum atomic E-state index is -0.624. The van der Waals surface area contributed by atoms with E-state index in [9.17, 15) is 9.59 Å². The summed E-state index contributed by atoms with van der Waals surface area (Å²) in [6.45, 7) is 6.81. The monoisotopic (exact) mass is 520 g/mol. The molecule has 0 aromatic heterocycles. The third kappa shape index (κ3) is 9.25. The zero-order valence-electron chi connectivity index (χ0n) is 22.0. The first-order chi connectivity index (χ1) is 17.9. The van der Waals surface area contributed by atoms with Crippen molar-refractivity contribution in [3.8, 4) is 5.75 Å². The smallest absolute Gasteiger partial charge is 0.243 e. The van der Waals surface area contributed by atoms with Crippen LogP contribution < -0.4 is 10.1 Å². The second kappa shape index (κ2) is 14.4. The molecule has 196 valence electrons. The lowest BCUT2D eigenvalue weighted by atomic mass is 10.0. The normalized spacial score (nSPS) is 12.4. The van der Waals surface area contributed by atoms with Crippen LogP contribution in [0.15, 0.2) is 78.9 Å². The topological polar surface area (TPSA) is 58.6 Å². The van der Waals surface area contributed by atoms with E-state index in [0.717, 1.165) is 23.1 Å². The Morgan fingerprint density at radius 1 is 0.973 bits per heavy atom. The maximum atomic E-state index is 13.7. The number of aryl methyl sites for hydroxylation is 1. The molecule has 5 nitrogen and oxygen atoms in total. The van der Waals surface area contributed by atoms with E-state index >= 15 is 0 Å². The first-order valence-electron chi connectivity index (χ1n) is 12.9. The zero-order chi connectivity index (χ0) is 26.6. The van der Waals surface area contributed by atoms with Gasteiger partial charge in [-0.2, -0.15) is 0 Å². The molecule has 37 heavy (non-hydrogen) atoms. The average Bonchev–Trinajstić information content (AvgIpc) is 2.90. The van der Waals surface area contributed by atoms with E-state index in [1.165, 1.54) is 0 Å². The fourth-order valence-electron chi connectivity index (χ4n) is 4.09. The van der Waals surface area contributed by atoms with Gasteiger partial charge in [0.2, 0.25) is 11.8 Å². The van der Waals surface area contributed by atoms with Crippen LogP contribution in [0.3, 0.4) is 0 Å². The molecule has 0 spiro atoms. The third-order valence-corrected chi connectivity index (χ3v) is 6.58. The molecule has 0 bridgehead atoms. The molecule has 1 N–H and O–H groups in total. The Hall–Kier alpha value is -3.31. The molecule has 0 fully saturated rings. The molecular formula is C31H37ClN2O3. The van der Waals surface area contributed by atoms with Crippen molar-refractivity contribution in [3.05, 3.63) is 101 Å². The van der Waals surface area contributed by atoms with E-state index in [-0.39, 0.29) is 24.3 Å². The van der Waals surface area contributed by atoms with Gasteiger partial charge in [-0.05, 0) is 62.1 Å². The van der Waals surface area contributed by atoms with E-state index < -0.39 is 6.04 Å². The van der Waals surface area contributed by atoms with Crippen molar-refractivity contribution in [3.63, 3.8) is 0 Å². The summed E-state index contributed by atoms with van der Waals surface area (Å²) < 4.78 is 5.79. The van der Waals surface area contributed by atoms with Gasteiger partial charge < -0.3 is 15.0 Å². The van der Waals surface area contributed by atoms with Crippen LogP contribution in [0.2, 0.25) is 5.02 Å². The Labute approximate surface area is 225 Å². The molecule has 0 radical (unpaired) electrons. The van der Waals surface area contributed by atoms with Gasteiger partial charge in [-0.25, -0.2) is 0 Å². The summed E-state index contributed by atoms with van der Waals surface area (Å²) in [5.74, 6) is 0.515. The van der Waals surface area contributed by atoms with Gasteiger partial charge in [0, 0.05) is 30.5 Å². The highest BCUT2D eigenvalue weighted by molar-refractivity contribution is 6.30. The molecule has 2 amide bonds. The molecule has 0 heterocycles. The van der Waals surface area contributed by atoms with Crippen LogP contribution in [0.25, 0.3) is 0 Å². The highest BCUT2D eigenvalue weighted by Gasteiger charge is 2.30. The van der Waals surface area contributed by atoms with Gasteiger partial charge in [0.15, 0.2) is 0 Å². The Morgan fingerprint density at radius 2 is 1.68 bits per heavy atom. The highest BCUT2D eigenvalue weighted by atomic mass is 35.5. The number of ether oxygens (including phenoxy) is 1. The molecule has 3 rings (SSSR count). The van der Waals surface area contributed by atoms with Crippen molar-refractivity contribution < 1.29 is 14.3 Å². The molecule has 0 unspecified atom stereocenters. The molecule has 0 saturated heterocycles. The standard InChI is InChI=1S/C31H37ClN2O3/c1-4-24(3)33-31(36)29(21-25-11-6-5-7-12-25)34(22-26-13-8-10-23(2)20-26)30(35)14-9-19-37-28-17-15-27(32)16-18-28/h5-8,10-13,15-18,20,24,29H,4,9,14,19,21-22H2,1-3H3,(H,33,36)/t24-,29+/m0/s1. The van der Waals surface area contributed by atoms with E-state index in [0.29, 0.717) is 36.8 Å². The summed E-state index contributed by atoms with van der Waals surface area (Å²) in [5, 5.41) is 3.76. The molecular weight excluding hydrogens is 484 g/mol. The Morgan fingerprint density at radius 3 is 2.35 bits per heavy atom. The van der Waals surface area contributed by atoms with Gasteiger partial charge in [0.05, 0.1) is 6.61 Å². The Balaban J connectivity index is 1.79. The highest BCUT2D eigenvalue weighted by Crippen LogP contribution is 2.19. The number of benzene rings is 3. The van der Waals surface area contributed by atoms with Crippen LogP contribution in [-0.4, -0.2) is 35.4 Å². The molecule has 2 atom stereocenters. The second-order valence-corrected chi connectivity index (χ2v) is 9.88. The van der Waals surface area contributed by atoms with Crippen LogP contribution in [0.1, 0.15) is 49.8 Å². The third-order valence-electron chi connectivity index (χ3n) is 6.32. The second-order valence-electron chi connectivity index (χ2n) is 9.44. The van der Waals surface area contributed by atoms with Gasteiger partial charge in [0.1, 0.15) is 11.8 Å². The van der Waals surface area contributed by atoms with Crippen molar-refractivity contribution in [2.75, 3.05) is 6.61 Å². The maximum absolute atomic E-state index is 13.7. The van der Waals surface area contributed by atoms with Gasteiger partial charge in [-0.15, -0.1) is 0 Å². The van der Waals surface area contributed by atoms with Crippen molar-refractivity contribution in [1.29, 1.82) is 0 Å². The van der Waals surface area contributed by atoms with Gasteiger partial charge in [-0.1, -0.05) is 78.7 Å². The van der Waals surface area contributed by atoms with Crippen LogP contribution in [-0.2, 0) is 22.6 Å². The number of halogens is 1. The number of nitrogens with one attached hydrogen (secondary N) is 1. The number of rotatable bonds is 13. The molecule has 3 aromatic carbocycles. The minimum absolute atomic E-state index is 0.0227. The van der Waals surface area contributed by atoms with Crippen LogP contribution in [0, 0.1) is 6.92 Å². The summed E-state index contributed by atoms with van der Waals surface area (Å²) in [6, 6.07) is 24.5. The lowest BCUT2D eigenvalue weighted by Crippen LogP contribution is -2.52. The first kappa shape index (κ1) is 28.3. The van der Waals surface area contributed by atoms with Gasteiger partial charge >= 0.3 is 0 Å². The zero-order valence-corrected chi connectivity index (χ0v) is 22.7. The molecule has 0 aliphatic heterocycles. The lowest BCUT2D eigenvalue weighted by molar-refractivity contribution is -0.141. The van der Waals surface area contributed by atoms with Crippen LogP contribution >= 0.6 is 11.6 Å². The van der Waals surface area contributed by atoms with Crippen molar-refractivity contribution >= 4 is 23.4 Å². The van der Waals surface area contributed by atoms with Crippen LogP contribution in [0.4, 0.5) is 0 Å². The summed E-state index contributed by atoms with van der Waals surface area (Å²) in [5.41, 5.74) is 3.13. The summed E-state index contributed by atoms with van der Waals surface area (Å²) in [7, 11) is 0.